The van der Waals surface area contributed by atoms with Crippen molar-refractivity contribution in [3.05, 3.63) is 11.1 Å². The molecule has 0 bridgehead atoms. The normalized spacial score (nSPS) is 18.3. The van der Waals surface area contributed by atoms with Crippen molar-refractivity contribution in [3.8, 4) is 0 Å². The van der Waals surface area contributed by atoms with E-state index in [2.05, 4.69) is 6.92 Å². The van der Waals surface area contributed by atoms with Gasteiger partial charge in [0.15, 0.2) is 5.78 Å². The number of rotatable bonds is 7. The fraction of sp³-hybridized carbons (Fsp3) is 0.812. The third-order valence-electron chi connectivity index (χ3n) is 4.16. The summed E-state index contributed by atoms with van der Waals surface area (Å²) < 4.78 is 0. The molecule has 1 nitrogen and oxygen atoms in total. The highest BCUT2D eigenvalue weighted by molar-refractivity contribution is 5.93. The average Bonchev–Trinajstić information content (AvgIpc) is 2.81. The Morgan fingerprint density at radius 3 is 2.24 bits per heavy atom. The standard InChI is InChI=1S/C16H28O/c1-4-5-6-7-12-16(13(2)14(3)17)15-10-8-9-11-15/h15H,4-12H2,1-3H3. The minimum absolute atomic E-state index is 0.280. The van der Waals surface area contributed by atoms with Gasteiger partial charge in [0.2, 0.25) is 0 Å². The largest absolute Gasteiger partial charge is 0.295 e. The molecule has 0 saturated heterocycles. The summed E-state index contributed by atoms with van der Waals surface area (Å²) in [7, 11) is 0. The molecule has 1 aliphatic rings. The zero-order valence-corrected chi connectivity index (χ0v) is 11.8. The van der Waals surface area contributed by atoms with Gasteiger partial charge in [0.05, 0.1) is 0 Å². The number of carbonyl (C=O) groups is 1. The van der Waals surface area contributed by atoms with Crippen molar-refractivity contribution in [1.82, 2.24) is 0 Å². The molecule has 0 heterocycles. The monoisotopic (exact) mass is 236 g/mol. The topological polar surface area (TPSA) is 17.1 Å². The Kier molecular flexibility index (Phi) is 6.54. The van der Waals surface area contributed by atoms with Crippen molar-refractivity contribution in [1.29, 1.82) is 0 Å². The molecule has 0 aromatic carbocycles. The molecule has 0 atom stereocenters. The van der Waals surface area contributed by atoms with Crippen molar-refractivity contribution < 1.29 is 4.79 Å². The molecule has 0 aromatic heterocycles. The molecule has 0 aromatic rings. The molecule has 0 unspecified atom stereocenters. The van der Waals surface area contributed by atoms with Gasteiger partial charge in [-0.3, -0.25) is 4.79 Å². The number of Topliss-reactive ketones (excluding diaryl/α,β-unsaturated/α-hetero) is 1. The number of carbonyl (C=O) groups excluding carboxylic acids is 1. The maximum absolute atomic E-state index is 11.6. The Hall–Kier alpha value is -0.590. The summed E-state index contributed by atoms with van der Waals surface area (Å²) in [6, 6.07) is 0. The van der Waals surface area contributed by atoms with Crippen LogP contribution in [0.3, 0.4) is 0 Å². The van der Waals surface area contributed by atoms with Gasteiger partial charge in [-0.1, -0.05) is 44.6 Å². The summed E-state index contributed by atoms with van der Waals surface area (Å²) in [5, 5.41) is 0. The number of allylic oxidation sites excluding steroid dienone is 2. The molecule has 0 aliphatic heterocycles. The van der Waals surface area contributed by atoms with Crippen LogP contribution in [-0.4, -0.2) is 5.78 Å². The Balaban J connectivity index is 2.59. The van der Waals surface area contributed by atoms with Gasteiger partial charge in [-0.15, -0.1) is 0 Å². The lowest BCUT2D eigenvalue weighted by Gasteiger charge is -2.17. The highest BCUT2D eigenvalue weighted by Gasteiger charge is 2.21. The Morgan fingerprint density at radius 2 is 1.71 bits per heavy atom. The van der Waals surface area contributed by atoms with Crippen molar-refractivity contribution in [2.45, 2.75) is 78.6 Å². The van der Waals surface area contributed by atoms with Gasteiger partial charge < -0.3 is 0 Å². The van der Waals surface area contributed by atoms with Crippen LogP contribution in [0.15, 0.2) is 11.1 Å². The summed E-state index contributed by atoms with van der Waals surface area (Å²) in [4.78, 5) is 11.6. The van der Waals surface area contributed by atoms with Gasteiger partial charge in [0, 0.05) is 0 Å². The van der Waals surface area contributed by atoms with E-state index in [1.54, 1.807) is 6.92 Å². The molecular weight excluding hydrogens is 208 g/mol. The van der Waals surface area contributed by atoms with Crippen LogP contribution < -0.4 is 0 Å². The van der Waals surface area contributed by atoms with E-state index in [0.717, 1.165) is 17.9 Å². The molecule has 0 N–H and O–H groups in total. The fourth-order valence-electron chi connectivity index (χ4n) is 2.94. The third kappa shape index (κ3) is 4.65. The second-order valence-electron chi connectivity index (χ2n) is 5.50. The lowest BCUT2D eigenvalue weighted by Crippen LogP contribution is -2.06. The first-order chi connectivity index (χ1) is 8.16. The van der Waals surface area contributed by atoms with Gasteiger partial charge in [0.25, 0.3) is 0 Å². The van der Waals surface area contributed by atoms with E-state index in [-0.39, 0.29) is 5.78 Å². The second kappa shape index (κ2) is 7.68. The number of hydrogen-bond donors (Lipinski definition) is 0. The Morgan fingerprint density at radius 1 is 1.06 bits per heavy atom. The van der Waals surface area contributed by atoms with Crippen LogP contribution in [0.2, 0.25) is 0 Å². The summed E-state index contributed by atoms with van der Waals surface area (Å²) >= 11 is 0. The van der Waals surface area contributed by atoms with Gasteiger partial charge in [0.1, 0.15) is 0 Å². The van der Waals surface area contributed by atoms with E-state index in [4.69, 9.17) is 0 Å². The average molecular weight is 236 g/mol. The lowest BCUT2D eigenvalue weighted by atomic mass is 9.88. The van der Waals surface area contributed by atoms with E-state index >= 15 is 0 Å². The number of hydrogen-bond acceptors (Lipinski definition) is 1. The van der Waals surface area contributed by atoms with E-state index in [1.807, 2.05) is 6.92 Å². The van der Waals surface area contributed by atoms with Gasteiger partial charge in [-0.2, -0.15) is 0 Å². The van der Waals surface area contributed by atoms with Crippen LogP contribution in [0, 0.1) is 5.92 Å². The predicted octanol–water partition coefficient (Wildman–Crippen LogP) is 5.05. The van der Waals surface area contributed by atoms with Crippen molar-refractivity contribution in [2.75, 3.05) is 0 Å². The predicted molar refractivity (Wildman–Crippen MR) is 74.1 cm³/mol. The van der Waals surface area contributed by atoms with Gasteiger partial charge >= 0.3 is 0 Å². The Bertz CT molecular complexity index is 269. The van der Waals surface area contributed by atoms with E-state index in [9.17, 15) is 4.79 Å². The quantitative estimate of drug-likeness (QED) is 0.446. The maximum Gasteiger partial charge on any atom is 0.155 e. The van der Waals surface area contributed by atoms with Crippen LogP contribution in [0.4, 0.5) is 0 Å². The maximum atomic E-state index is 11.6. The molecule has 1 rings (SSSR count). The summed E-state index contributed by atoms with van der Waals surface area (Å²) in [5.41, 5.74) is 2.56. The zero-order valence-electron chi connectivity index (χ0n) is 11.8. The smallest absolute Gasteiger partial charge is 0.155 e. The Labute approximate surface area is 107 Å². The van der Waals surface area contributed by atoms with Crippen LogP contribution in [0.25, 0.3) is 0 Å². The van der Waals surface area contributed by atoms with Crippen LogP contribution >= 0.6 is 0 Å². The summed E-state index contributed by atoms with van der Waals surface area (Å²) in [6.45, 7) is 6.00. The summed E-state index contributed by atoms with van der Waals surface area (Å²) in [5.74, 6) is 1.00. The molecule has 0 radical (unpaired) electrons. The zero-order chi connectivity index (χ0) is 12.7. The molecule has 0 amide bonds. The van der Waals surface area contributed by atoms with Gasteiger partial charge in [-0.25, -0.2) is 0 Å². The highest BCUT2D eigenvalue weighted by Crippen LogP contribution is 2.35. The molecule has 98 valence electrons. The molecule has 0 spiro atoms. The van der Waals surface area contributed by atoms with Gasteiger partial charge in [-0.05, 0) is 51.0 Å². The minimum atomic E-state index is 0.280. The third-order valence-corrected chi connectivity index (χ3v) is 4.16. The highest BCUT2D eigenvalue weighted by atomic mass is 16.1. The van der Waals surface area contributed by atoms with Crippen LogP contribution in [0.5, 0.6) is 0 Å². The van der Waals surface area contributed by atoms with Crippen molar-refractivity contribution in [2.24, 2.45) is 5.92 Å². The van der Waals surface area contributed by atoms with E-state index < -0.39 is 0 Å². The molecule has 1 aliphatic carbocycles. The number of ketones is 1. The first kappa shape index (κ1) is 14.5. The van der Waals surface area contributed by atoms with Crippen molar-refractivity contribution >= 4 is 5.78 Å². The van der Waals surface area contributed by atoms with Crippen LogP contribution in [-0.2, 0) is 4.79 Å². The summed E-state index contributed by atoms with van der Waals surface area (Å²) in [6.07, 6.45) is 11.7. The SMILES string of the molecule is CCCCCCC(=C(C)C(C)=O)C1CCCC1. The molecular formula is C16H28O. The van der Waals surface area contributed by atoms with Crippen LogP contribution in [0.1, 0.15) is 78.6 Å². The lowest BCUT2D eigenvalue weighted by molar-refractivity contribution is -0.113. The molecule has 1 saturated carbocycles. The first-order valence-corrected chi connectivity index (χ1v) is 7.37. The molecule has 1 heteroatoms. The first-order valence-electron chi connectivity index (χ1n) is 7.37. The van der Waals surface area contributed by atoms with E-state index in [0.29, 0.717) is 0 Å². The molecule has 17 heavy (non-hydrogen) atoms. The van der Waals surface area contributed by atoms with E-state index in [1.165, 1.54) is 56.9 Å². The van der Waals surface area contributed by atoms with Crippen molar-refractivity contribution in [3.63, 3.8) is 0 Å². The fourth-order valence-corrected chi connectivity index (χ4v) is 2.94. The number of unbranched alkanes of at least 4 members (excludes halogenated alkanes) is 3. The minimum Gasteiger partial charge on any atom is -0.295 e. The second-order valence-corrected chi connectivity index (χ2v) is 5.50. The molecule has 1 fully saturated rings.